The van der Waals surface area contributed by atoms with Crippen molar-refractivity contribution in [1.82, 2.24) is 4.90 Å². The standard InChI is InChI=1S/C12H20N2O2/c1-9-6-14(7-11(8-15)16-9)12-4-2-3-10(12)5-13/h9-12,15H,2-4,6-8H2,1H3. The monoisotopic (exact) mass is 224 g/mol. The van der Waals surface area contributed by atoms with Crippen molar-refractivity contribution in [3.05, 3.63) is 0 Å². The summed E-state index contributed by atoms with van der Waals surface area (Å²) in [7, 11) is 0. The minimum Gasteiger partial charge on any atom is -0.394 e. The molecule has 90 valence electrons. The molecule has 0 bridgehead atoms. The Bertz CT molecular complexity index is 277. The van der Waals surface area contributed by atoms with E-state index in [-0.39, 0.29) is 24.7 Å². The van der Waals surface area contributed by atoms with Gasteiger partial charge in [0.2, 0.25) is 0 Å². The van der Waals surface area contributed by atoms with Gasteiger partial charge in [0.25, 0.3) is 0 Å². The fraction of sp³-hybridized carbons (Fsp3) is 0.917. The van der Waals surface area contributed by atoms with E-state index in [0.717, 1.165) is 32.4 Å². The number of nitriles is 1. The van der Waals surface area contributed by atoms with Gasteiger partial charge in [0.1, 0.15) is 0 Å². The van der Waals surface area contributed by atoms with E-state index in [4.69, 9.17) is 10.00 Å². The zero-order valence-electron chi connectivity index (χ0n) is 9.80. The molecule has 0 radical (unpaired) electrons. The quantitative estimate of drug-likeness (QED) is 0.752. The van der Waals surface area contributed by atoms with E-state index in [1.165, 1.54) is 0 Å². The molecule has 2 fully saturated rings. The van der Waals surface area contributed by atoms with E-state index in [9.17, 15) is 5.11 Å². The second kappa shape index (κ2) is 5.13. The molecule has 4 atom stereocenters. The number of hydrogen-bond acceptors (Lipinski definition) is 4. The molecular formula is C12H20N2O2. The molecule has 2 aliphatic rings. The number of aliphatic hydroxyl groups excluding tert-OH is 1. The lowest BCUT2D eigenvalue weighted by atomic mass is 10.0. The summed E-state index contributed by atoms with van der Waals surface area (Å²) in [6.07, 6.45) is 3.37. The van der Waals surface area contributed by atoms with Crippen LogP contribution < -0.4 is 0 Å². The van der Waals surface area contributed by atoms with E-state index in [1.807, 2.05) is 6.92 Å². The van der Waals surface area contributed by atoms with Gasteiger partial charge < -0.3 is 9.84 Å². The van der Waals surface area contributed by atoms with Gasteiger partial charge in [0.15, 0.2) is 0 Å². The first-order valence-electron chi connectivity index (χ1n) is 6.14. The van der Waals surface area contributed by atoms with Gasteiger partial charge in [-0.2, -0.15) is 5.26 Å². The van der Waals surface area contributed by atoms with Crippen molar-refractivity contribution in [1.29, 1.82) is 5.26 Å². The Hall–Kier alpha value is -0.630. The van der Waals surface area contributed by atoms with Gasteiger partial charge in [-0.25, -0.2) is 0 Å². The predicted molar refractivity (Wildman–Crippen MR) is 59.7 cm³/mol. The lowest BCUT2D eigenvalue weighted by Gasteiger charge is -2.40. The zero-order chi connectivity index (χ0) is 11.5. The van der Waals surface area contributed by atoms with Crippen molar-refractivity contribution in [3.8, 4) is 6.07 Å². The van der Waals surface area contributed by atoms with Crippen LogP contribution in [0.2, 0.25) is 0 Å². The SMILES string of the molecule is CC1CN(C2CCCC2C#N)CC(CO)O1. The fourth-order valence-electron chi connectivity index (χ4n) is 2.98. The Morgan fingerprint density at radius 3 is 2.94 bits per heavy atom. The molecule has 1 saturated heterocycles. The topological polar surface area (TPSA) is 56.5 Å². The largest absolute Gasteiger partial charge is 0.394 e. The molecule has 16 heavy (non-hydrogen) atoms. The van der Waals surface area contributed by atoms with E-state index in [1.54, 1.807) is 0 Å². The Labute approximate surface area is 96.8 Å². The maximum Gasteiger partial charge on any atom is 0.0936 e. The average molecular weight is 224 g/mol. The smallest absolute Gasteiger partial charge is 0.0936 e. The number of rotatable bonds is 2. The highest BCUT2D eigenvalue weighted by Crippen LogP contribution is 2.31. The van der Waals surface area contributed by atoms with Crippen molar-refractivity contribution in [2.45, 2.75) is 44.4 Å². The molecule has 4 nitrogen and oxygen atoms in total. The molecular weight excluding hydrogens is 204 g/mol. The maximum atomic E-state index is 9.18. The molecule has 0 aromatic heterocycles. The van der Waals surface area contributed by atoms with Crippen LogP contribution >= 0.6 is 0 Å². The molecule has 1 heterocycles. The van der Waals surface area contributed by atoms with Crippen LogP contribution in [0.3, 0.4) is 0 Å². The van der Waals surface area contributed by atoms with Gasteiger partial charge in [0, 0.05) is 19.1 Å². The van der Waals surface area contributed by atoms with Gasteiger partial charge in [-0.1, -0.05) is 6.42 Å². The second-order valence-electron chi connectivity index (χ2n) is 4.94. The van der Waals surface area contributed by atoms with Crippen LogP contribution in [-0.4, -0.2) is 48.0 Å². The second-order valence-corrected chi connectivity index (χ2v) is 4.94. The third-order valence-electron chi connectivity index (χ3n) is 3.67. The van der Waals surface area contributed by atoms with Crippen molar-refractivity contribution in [2.75, 3.05) is 19.7 Å². The van der Waals surface area contributed by atoms with Crippen LogP contribution in [-0.2, 0) is 4.74 Å². The van der Waals surface area contributed by atoms with Crippen molar-refractivity contribution >= 4 is 0 Å². The highest BCUT2D eigenvalue weighted by atomic mass is 16.5. The van der Waals surface area contributed by atoms with Crippen LogP contribution in [0, 0.1) is 17.2 Å². The summed E-state index contributed by atoms with van der Waals surface area (Å²) in [5.74, 6) is 0.171. The predicted octanol–water partition coefficient (Wildman–Crippen LogP) is 0.760. The first kappa shape index (κ1) is 11.8. The molecule has 0 spiro atoms. The molecule has 0 aromatic carbocycles. The Balaban J connectivity index is 2.00. The molecule has 2 rings (SSSR count). The molecule has 1 saturated carbocycles. The Morgan fingerprint density at radius 2 is 2.25 bits per heavy atom. The molecule has 1 aliphatic heterocycles. The highest BCUT2D eigenvalue weighted by molar-refractivity contribution is 4.98. The Kier molecular flexibility index (Phi) is 3.80. The van der Waals surface area contributed by atoms with Crippen molar-refractivity contribution in [3.63, 3.8) is 0 Å². The maximum absolute atomic E-state index is 9.18. The van der Waals surface area contributed by atoms with Crippen LogP contribution in [0.1, 0.15) is 26.2 Å². The third-order valence-corrected chi connectivity index (χ3v) is 3.67. The molecule has 4 heteroatoms. The zero-order valence-corrected chi connectivity index (χ0v) is 9.80. The first-order chi connectivity index (χ1) is 7.74. The number of aliphatic hydroxyl groups is 1. The van der Waals surface area contributed by atoms with Gasteiger partial charge in [-0.15, -0.1) is 0 Å². The highest BCUT2D eigenvalue weighted by Gasteiger charge is 2.36. The van der Waals surface area contributed by atoms with Gasteiger partial charge in [-0.3, -0.25) is 4.90 Å². The molecule has 4 unspecified atom stereocenters. The van der Waals surface area contributed by atoms with Crippen molar-refractivity contribution < 1.29 is 9.84 Å². The summed E-state index contributed by atoms with van der Waals surface area (Å²) < 4.78 is 5.62. The summed E-state index contributed by atoms with van der Waals surface area (Å²) in [6.45, 7) is 3.76. The lowest BCUT2D eigenvalue weighted by molar-refractivity contribution is -0.107. The Morgan fingerprint density at radius 1 is 1.44 bits per heavy atom. The van der Waals surface area contributed by atoms with Crippen LogP contribution in [0.5, 0.6) is 0 Å². The van der Waals surface area contributed by atoms with Crippen LogP contribution in [0.4, 0.5) is 0 Å². The third kappa shape index (κ3) is 2.37. The molecule has 0 amide bonds. The molecule has 0 aromatic rings. The van der Waals surface area contributed by atoms with Crippen LogP contribution in [0.25, 0.3) is 0 Å². The summed E-state index contributed by atoms with van der Waals surface area (Å²) in [5.41, 5.74) is 0. The fourth-order valence-corrected chi connectivity index (χ4v) is 2.98. The lowest BCUT2D eigenvalue weighted by Crippen LogP contribution is -2.52. The summed E-state index contributed by atoms with van der Waals surface area (Å²) in [5, 5.41) is 18.3. The average Bonchev–Trinajstić information content (AvgIpc) is 2.76. The number of ether oxygens (including phenoxy) is 1. The minimum atomic E-state index is -0.0799. The summed E-state index contributed by atoms with van der Waals surface area (Å²) in [6, 6.07) is 2.79. The van der Waals surface area contributed by atoms with Crippen molar-refractivity contribution in [2.24, 2.45) is 5.92 Å². The van der Waals surface area contributed by atoms with E-state index in [0.29, 0.717) is 6.04 Å². The first-order valence-corrected chi connectivity index (χ1v) is 6.14. The van der Waals surface area contributed by atoms with E-state index >= 15 is 0 Å². The van der Waals surface area contributed by atoms with Gasteiger partial charge >= 0.3 is 0 Å². The summed E-state index contributed by atoms with van der Waals surface area (Å²) >= 11 is 0. The number of hydrogen-bond donors (Lipinski definition) is 1. The number of morpholine rings is 1. The molecule has 1 N–H and O–H groups in total. The van der Waals surface area contributed by atoms with E-state index in [2.05, 4.69) is 11.0 Å². The van der Waals surface area contributed by atoms with Crippen LogP contribution in [0.15, 0.2) is 0 Å². The summed E-state index contributed by atoms with van der Waals surface area (Å²) in [4.78, 5) is 2.34. The molecule has 1 aliphatic carbocycles. The normalized spacial score (nSPS) is 40.8. The number of nitrogens with zero attached hydrogens (tertiary/aromatic N) is 2. The van der Waals surface area contributed by atoms with Gasteiger partial charge in [0.05, 0.1) is 30.8 Å². The minimum absolute atomic E-state index is 0.0742. The van der Waals surface area contributed by atoms with Gasteiger partial charge in [-0.05, 0) is 19.8 Å². The van der Waals surface area contributed by atoms with E-state index < -0.39 is 0 Å².